The van der Waals surface area contributed by atoms with Crippen molar-refractivity contribution in [3.05, 3.63) is 0 Å². The first-order valence-corrected chi connectivity index (χ1v) is 5.83. The summed E-state index contributed by atoms with van der Waals surface area (Å²) >= 11 is 0. The molecular weight excluding hydrogens is 208 g/mol. The number of alkyl carbamates (subject to hydrolysis) is 1. The summed E-state index contributed by atoms with van der Waals surface area (Å²) in [6.45, 7) is 5.74. The molecule has 1 fully saturated rings. The lowest BCUT2D eigenvalue weighted by molar-refractivity contribution is -0.0215. The molecular formula is C11H22N2O3. The highest BCUT2D eigenvalue weighted by molar-refractivity contribution is 5.67. The molecule has 0 spiro atoms. The van der Waals surface area contributed by atoms with E-state index < -0.39 is 12.3 Å². The first-order chi connectivity index (χ1) is 7.56. The van der Waals surface area contributed by atoms with Gasteiger partial charge in [-0.2, -0.15) is 0 Å². The standard InChI is InChI=1S/C11H22N2O3/c1-8(2)9(12-11(15)16-3)10(14)13-6-4-5-7-13/h8-10,14H,4-7H2,1-3H3,(H,12,15). The summed E-state index contributed by atoms with van der Waals surface area (Å²) in [6.07, 6.45) is 1.11. The Kier molecular flexibility index (Phi) is 5.02. The van der Waals surface area contributed by atoms with Crippen molar-refractivity contribution in [2.45, 2.75) is 39.0 Å². The fourth-order valence-electron chi connectivity index (χ4n) is 2.01. The number of amides is 1. The zero-order valence-electron chi connectivity index (χ0n) is 10.3. The van der Waals surface area contributed by atoms with Crippen LogP contribution in [0.25, 0.3) is 0 Å². The van der Waals surface area contributed by atoms with E-state index in [1.165, 1.54) is 7.11 Å². The van der Waals surface area contributed by atoms with Gasteiger partial charge in [0.2, 0.25) is 0 Å². The number of nitrogens with zero attached hydrogens (tertiary/aromatic N) is 1. The van der Waals surface area contributed by atoms with Crippen LogP contribution >= 0.6 is 0 Å². The summed E-state index contributed by atoms with van der Waals surface area (Å²) in [6, 6.07) is -0.287. The van der Waals surface area contributed by atoms with Crippen LogP contribution < -0.4 is 5.32 Å². The van der Waals surface area contributed by atoms with Gasteiger partial charge < -0.3 is 15.2 Å². The largest absolute Gasteiger partial charge is 0.453 e. The minimum Gasteiger partial charge on any atom is -0.453 e. The molecule has 2 N–H and O–H groups in total. The van der Waals surface area contributed by atoms with Crippen LogP contribution in [0.1, 0.15) is 26.7 Å². The highest BCUT2D eigenvalue weighted by Gasteiger charge is 2.30. The number of likely N-dealkylation sites (tertiary alicyclic amines) is 1. The van der Waals surface area contributed by atoms with E-state index in [4.69, 9.17) is 0 Å². The maximum absolute atomic E-state index is 11.2. The number of ether oxygens (including phenoxy) is 1. The number of nitrogens with one attached hydrogen (secondary N) is 1. The van der Waals surface area contributed by atoms with Crippen molar-refractivity contribution in [2.24, 2.45) is 5.92 Å². The minimum absolute atomic E-state index is 0.162. The molecule has 1 aliphatic rings. The number of rotatable bonds is 4. The molecule has 1 rings (SSSR count). The Labute approximate surface area is 96.8 Å². The number of carbonyl (C=O) groups excluding carboxylic acids is 1. The second-order valence-electron chi connectivity index (χ2n) is 4.56. The van der Waals surface area contributed by atoms with Crippen molar-refractivity contribution >= 4 is 6.09 Å². The summed E-state index contributed by atoms with van der Waals surface area (Å²) in [5.74, 6) is 0.162. The highest BCUT2D eigenvalue weighted by atomic mass is 16.5. The molecule has 0 radical (unpaired) electrons. The molecule has 2 unspecified atom stereocenters. The Morgan fingerprint density at radius 3 is 2.38 bits per heavy atom. The predicted molar refractivity (Wildman–Crippen MR) is 61.0 cm³/mol. The molecule has 2 atom stereocenters. The molecule has 5 heteroatoms. The number of hydrogen-bond acceptors (Lipinski definition) is 4. The minimum atomic E-state index is -0.624. The van der Waals surface area contributed by atoms with E-state index in [0.717, 1.165) is 25.9 Å². The Hall–Kier alpha value is -0.810. The third-order valence-electron chi connectivity index (χ3n) is 3.02. The number of carbonyl (C=O) groups is 1. The maximum Gasteiger partial charge on any atom is 0.407 e. The Morgan fingerprint density at radius 2 is 1.94 bits per heavy atom. The zero-order valence-corrected chi connectivity index (χ0v) is 10.3. The normalized spacial score (nSPS) is 20.8. The lowest BCUT2D eigenvalue weighted by Gasteiger charge is -2.32. The van der Waals surface area contributed by atoms with Crippen molar-refractivity contribution in [2.75, 3.05) is 20.2 Å². The monoisotopic (exact) mass is 230 g/mol. The van der Waals surface area contributed by atoms with Gasteiger partial charge in [0.25, 0.3) is 0 Å². The first kappa shape index (κ1) is 13.3. The molecule has 5 nitrogen and oxygen atoms in total. The van der Waals surface area contributed by atoms with Crippen LogP contribution in [0.4, 0.5) is 4.79 Å². The van der Waals surface area contributed by atoms with Crippen LogP contribution in [0.2, 0.25) is 0 Å². The number of methoxy groups -OCH3 is 1. The van der Waals surface area contributed by atoms with Crippen LogP contribution in [-0.2, 0) is 4.74 Å². The van der Waals surface area contributed by atoms with Crippen molar-refractivity contribution in [1.29, 1.82) is 0 Å². The second-order valence-corrected chi connectivity index (χ2v) is 4.56. The van der Waals surface area contributed by atoms with Gasteiger partial charge in [0.15, 0.2) is 0 Å². The molecule has 16 heavy (non-hydrogen) atoms. The van der Waals surface area contributed by atoms with Gasteiger partial charge >= 0.3 is 6.09 Å². The fraction of sp³-hybridized carbons (Fsp3) is 0.909. The van der Waals surface area contributed by atoms with Gasteiger partial charge in [0.05, 0.1) is 13.2 Å². The van der Waals surface area contributed by atoms with E-state index in [0.29, 0.717) is 0 Å². The second kappa shape index (κ2) is 6.06. The van der Waals surface area contributed by atoms with Gasteiger partial charge in [-0.1, -0.05) is 13.8 Å². The van der Waals surface area contributed by atoms with Gasteiger partial charge in [-0.3, -0.25) is 4.90 Å². The summed E-state index contributed by atoms with van der Waals surface area (Å²) in [5, 5.41) is 12.9. The quantitative estimate of drug-likeness (QED) is 0.749. The number of aliphatic hydroxyl groups excluding tert-OH is 1. The van der Waals surface area contributed by atoms with Crippen LogP contribution in [0.3, 0.4) is 0 Å². The molecule has 1 heterocycles. The summed E-state index contributed by atoms with van der Waals surface area (Å²) in [5.41, 5.74) is 0. The number of aliphatic hydroxyl groups is 1. The molecule has 0 saturated carbocycles. The fourth-order valence-corrected chi connectivity index (χ4v) is 2.01. The average Bonchev–Trinajstić information content (AvgIpc) is 2.77. The molecule has 0 bridgehead atoms. The molecule has 0 aromatic carbocycles. The van der Waals surface area contributed by atoms with Crippen LogP contribution in [0.5, 0.6) is 0 Å². The van der Waals surface area contributed by atoms with Gasteiger partial charge in [-0.15, -0.1) is 0 Å². The molecule has 0 aliphatic carbocycles. The van der Waals surface area contributed by atoms with E-state index in [1.54, 1.807) is 0 Å². The Bertz CT molecular complexity index is 227. The van der Waals surface area contributed by atoms with Gasteiger partial charge in [-0.05, 0) is 18.8 Å². The van der Waals surface area contributed by atoms with E-state index in [2.05, 4.69) is 10.1 Å². The zero-order chi connectivity index (χ0) is 12.1. The van der Waals surface area contributed by atoms with E-state index in [-0.39, 0.29) is 12.0 Å². The SMILES string of the molecule is COC(=O)NC(C(C)C)C(O)N1CCCC1. The van der Waals surface area contributed by atoms with Crippen molar-refractivity contribution in [1.82, 2.24) is 10.2 Å². The lowest BCUT2D eigenvalue weighted by atomic mass is 10.0. The highest BCUT2D eigenvalue weighted by Crippen LogP contribution is 2.16. The third-order valence-corrected chi connectivity index (χ3v) is 3.02. The third kappa shape index (κ3) is 3.35. The topological polar surface area (TPSA) is 61.8 Å². The van der Waals surface area contributed by atoms with Crippen LogP contribution in [0.15, 0.2) is 0 Å². The van der Waals surface area contributed by atoms with E-state index >= 15 is 0 Å². The molecule has 1 aliphatic heterocycles. The van der Waals surface area contributed by atoms with E-state index in [9.17, 15) is 9.90 Å². The van der Waals surface area contributed by atoms with Gasteiger partial charge in [0.1, 0.15) is 6.23 Å². The van der Waals surface area contributed by atoms with Crippen LogP contribution in [0, 0.1) is 5.92 Å². The van der Waals surface area contributed by atoms with Crippen molar-refractivity contribution in [3.63, 3.8) is 0 Å². The first-order valence-electron chi connectivity index (χ1n) is 5.83. The van der Waals surface area contributed by atoms with Gasteiger partial charge in [-0.25, -0.2) is 4.79 Å². The van der Waals surface area contributed by atoms with Gasteiger partial charge in [0, 0.05) is 13.1 Å². The maximum atomic E-state index is 11.2. The lowest BCUT2D eigenvalue weighted by Crippen LogP contribution is -2.53. The van der Waals surface area contributed by atoms with E-state index in [1.807, 2.05) is 18.7 Å². The molecule has 0 aromatic rings. The Morgan fingerprint density at radius 1 is 1.38 bits per heavy atom. The average molecular weight is 230 g/mol. The summed E-state index contributed by atoms with van der Waals surface area (Å²) in [4.78, 5) is 13.2. The molecule has 94 valence electrons. The number of hydrogen-bond donors (Lipinski definition) is 2. The van der Waals surface area contributed by atoms with Crippen molar-refractivity contribution < 1.29 is 14.6 Å². The molecule has 1 saturated heterocycles. The van der Waals surface area contributed by atoms with Crippen molar-refractivity contribution in [3.8, 4) is 0 Å². The predicted octanol–water partition coefficient (Wildman–Crippen LogP) is 0.781. The molecule has 1 amide bonds. The Balaban J connectivity index is 2.57. The summed E-state index contributed by atoms with van der Waals surface area (Å²) < 4.78 is 4.56. The smallest absolute Gasteiger partial charge is 0.407 e. The van der Waals surface area contributed by atoms with Crippen LogP contribution in [-0.4, -0.2) is 48.6 Å². The summed E-state index contributed by atoms with van der Waals surface area (Å²) in [7, 11) is 1.33. The molecule has 0 aromatic heterocycles.